The summed E-state index contributed by atoms with van der Waals surface area (Å²) in [6.07, 6.45) is 16.7. The van der Waals surface area contributed by atoms with Crippen LogP contribution in [0.1, 0.15) is 77.6 Å². The Morgan fingerprint density at radius 3 is 1.50 bits per heavy atom. The zero-order valence-electron chi connectivity index (χ0n) is 14.7. The van der Waals surface area contributed by atoms with Crippen LogP contribution in [0.4, 0.5) is 0 Å². The Hall–Kier alpha value is -0.120. The molecule has 0 N–H and O–H groups in total. The van der Waals surface area contributed by atoms with Crippen molar-refractivity contribution in [1.82, 2.24) is 4.90 Å². The van der Waals surface area contributed by atoms with E-state index in [1.165, 1.54) is 77.2 Å². The van der Waals surface area contributed by atoms with Crippen LogP contribution in [0.25, 0.3) is 0 Å². The highest BCUT2D eigenvalue weighted by atomic mass is 16.6. The second-order valence-corrected chi connectivity index (χ2v) is 7.21. The monoisotopic (exact) mass is 311 g/mol. The van der Waals surface area contributed by atoms with E-state index in [-0.39, 0.29) is 0 Å². The maximum Gasteiger partial charge on any atom is 0.0936 e. The highest BCUT2D eigenvalue weighted by Crippen LogP contribution is 2.17. The first-order chi connectivity index (χ1) is 10.9. The van der Waals surface area contributed by atoms with Gasteiger partial charge in [0, 0.05) is 13.1 Å². The summed E-state index contributed by atoms with van der Waals surface area (Å²) >= 11 is 0. The molecule has 3 nitrogen and oxygen atoms in total. The SMILES string of the molecule is CCCCCCCCCCCCCN(CC1CO1)CC1CO1. The number of unbranched alkanes of at least 4 members (excludes halogenated alkanes) is 10. The maximum atomic E-state index is 5.37. The van der Waals surface area contributed by atoms with E-state index in [2.05, 4.69) is 11.8 Å². The van der Waals surface area contributed by atoms with Gasteiger partial charge in [0.2, 0.25) is 0 Å². The van der Waals surface area contributed by atoms with Crippen molar-refractivity contribution in [3.8, 4) is 0 Å². The Labute approximate surface area is 137 Å². The van der Waals surface area contributed by atoms with Crippen molar-refractivity contribution >= 4 is 0 Å². The summed E-state index contributed by atoms with van der Waals surface area (Å²) in [6, 6.07) is 0. The zero-order chi connectivity index (χ0) is 15.5. The second kappa shape index (κ2) is 11.4. The van der Waals surface area contributed by atoms with Gasteiger partial charge >= 0.3 is 0 Å². The average Bonchev–Trinajstić information content (AvgIpc) is 3.41. The van der Waals surface area contributed by atoms with Crippen LogP contribution in [-0.2, 0) is 9.47 Å². The van der Waals surface area contributed by atoms with Crippen molar-refractivity contribution in [2.75, 3.05) is 32.8 Å². The molecule has 2 atom stereocenters. The van der Waals surface area contributed by atoms with Gasteiger partial charge in [-0.2, -0.15) is 0 Å². The Kier molecular flexibility index (Phi) is 9.46. The Morgan fingerprint density at radius 2 is 1.09 bits per heavy atom. The molecule has 22 heavy (non-hydrogen) atoms. The average molecular weight is 312 g/mol. The summed E-state index contributed by atoms with van der Waals surface area (Å²) in [7, 11) is 0. The van der Waals surface area contributed by atoms with Crippen molar-refractivity contribution < 1.29 is 9.47 Å². The number of rotatable bonds is 16. The third-order valence-electron chi connectivity index (χ3n) is 4.81. The smallest absolute Gasteiger partial charge is 0.0936 e. The summed E-state index contributed by atoms with van der Waals surface area (Å²) in [5.41, 5.74) is 0. The van der Waals surface area contributed by atoms with E-state index in [1.54, 1.807) is 0 Å². The number of ether oxygens (including phenoxy) is 2. The van der Waals surface area contributed by atoms with Crippen molar-refractivity contribution in [2.24, 2.45) is 0 Å². The van der Waals surface area contributed by atoms with Gasteiger partial charge in [0.25, 0.3) is 0 Å². The molecule has 0 bridgehead atoms. The predicted molar refractivity (Wildman–Crippen MR) is 92.4 cm³/mol. The molecule has 0 spiro atoms. The van der Waals surface area contributed by atoms with Gasteiger partial charge in [-0.1, -0.05) is 71.1 Å². The van der Waals surface area contributed by atoms with Gasteiger partial charge in [-0.25, -0.2) is 0 Å². The molecule has 2 unspecified atom stereocenters. The largest absolute Gasteiger partial charge is 0.372 e. The molecule has 3 heteroatoms. The summed E-state index contributed by atoms with van der Waals surface area (Å²) in [5, 5.41) is 0. The zero-order valence-corrected chi connectivity index (χ0v) is 14.7. The van der Waals surface area contributed by atoms with Gasteiger partial charge in [-0.15, -0.1) is 0 Å². The van der Waals surface area contributed by atoms with Crippen LogP contribution >= 0.6 is 0 Å². The lowest BCUT2D eigenvalue weighted by atomic mass is 10.1. The first-order valence-corrected chi connectivity index (χ1v) is 9.84. The molecule has 0 amide bonds. The van der Waals surface area contributed by atoms with E-state index in [1.807, 2.05) is 0 Å². The van der Waals surface area contributed by atoms with E-state index in [9.17, 15) is 0 Å². The normalized spacial score (nSPS) is 23.2. The highest BCUT2D eigenvalue weighted by Gasteiger charge is 2.30. The van der Waals surface area contributed by atoms with Crippen molar-refractivity contribution in [3.05, 3.63) is 0 Å². The predicted octanol–water partition coefficient (Wildman–Crippen LogP) is 4.40. The van der Waals surface area contributed by atoms with E-state index < -0.39 is 0 Å². The fourth-order valence-electron chi connectivity index (χ4n) is 3.18. The van der Waals surface area contributed by atoms with Crippen LogP contribution in [0.3, 0.4) is 0 Å². The standard InChI is InChI=1S/C19H37NO2/c1-2-3-4-5-6-7-8-9-10-11-12-13-20(14-18-16-21-18)15-19-17-22-19/h18-19H,2-17H2,1H3. The van der Waals surface area contributed by atoms with Crippen LogP contribution < -0.4 is 0 Å². The first kappa shape index (κ1) is 18.2. The number of hydrogen-bond donors (Lipinski definition) is 0. The van der Waals surface area contributed by atoms with E-state index >= 15 is 0 Å². The van der Waals surface area contributed by atoms with Gasteiger partial charge in [0.1, 0.15) is 0 Å². The lowest BCUT2D eigenvalue weighted by Gasteiger charge is -2.20. The molecule has 2 rings (SSSR count). The maximum absolute atomic E-state index is 5.37. The molecule has 130 valence electrons. The van der Waals surface area contributed by atoms with Crippen LogP contribution in [0.5, 0.6) is 0 Å². The van der Waals surface area contributed by atoms with Gasteiger partial charge < -0.3 is 9.47 Å². The number of hydrogen-bond acceptors (Lipinski definition) is 3. The molecule has 0 radical (unpaired) electrons. The molecule has 2 aliphatic rings. The van der Waals surface area contributed by atoms with Gasteiger partial charge in [0.15, 0.2) is 0 Å². The van der Waals surface area contributed by atoms with E-state index in [0.29, 0.717) is 12.2 Å². The van der Waals surface area contributed by atoms with Gasteiger partial charge in [0.05, 0.1) is 25.4 Å². The molecule has 2 fully saturated rings. The molecular weight excluding hydrogens is 274 g/mol. The Bertz CT molecular complexity index is 250. The van der Waals surface area contributed by atoms with E-state index in [4.69, 9.17) is 9.47 Å². The van der Waals surface area contributed by atoms with Crippen LogP contribution in [0.15, 0.2) is 0 Å². The summed E-state index contributed by atoms with van der Waals surface area (Å²) in [6.45, 7) is 7.71. The van der Waals surface area contributed by atoms with Crippen LogP contribution in [0, 0.1) is 0 Å². The molecule has 0 aromatic heterocycles. The summed E-state index contributed by atoms with van der Waals surface area (Å²) < 4.78 is 10.7. The van der Waals surface area contributed by atoms with Crippen molar-refractivity contribution in [3.63, 3.8) is 0 Å². The Balaban J connectivity index is 1.34. The van der Waals surface area contributed by atoms with Gasteiger partial charge in [-0.3, -0.25) is 4.90 Å². The molecule has 0 saturated carbocycles. The molecule has 0 aliphatic carbocycles. The van der Waals surface area contributed by atoms with Crippen molar-refractivity contribution in [2.45, 2.75) is 89.8 Å². The first-order valence-electron chi connectivity index (χ1n) is 9.84. The fraction of sp³-hybridized carbons (Fsp3) is 1.00. The Morgan fingerprint density at radius 1 is 0.682 bits per heavy atom. The van der Waals surface area contributed by atoms with E-state index in [0.717, 1.165) is 26.3 Å². The lowest BCUT2D eigenvalue weighted by Crippen LogP contribution is -2.32. The summed E-state index contributed by atoms with van der Waals surface area (Å²) in [4.78, 5) is 2.56. The quantitative estimate of drug-likeness (QED) is 0.312. The van der Waals surface area contributed by atoms with Crippen LogP contribution in [0.2, 0.25) is 0 Å². The van der Waals surface area contributed by atoms with Gasteiger partial charge in [-0.05, 0) is 13.0 Å². The third kappa shape index (κ3) is 9.81. The second-order valence-electron chi connectivity index (χ2n) is 7.21. The molecule has 2 saturated heterocycles. The molecular formula is C19H37NO2. The molecule has 2 heterocycles. The third-order valence-corrected chi connectivity index (χ3v) is 4.81. The number of nitrogens with zero attached hydrogens (tertiary/aromatic N) is 1. The molecule has 0 aromatic carbocycles. The minimum Gasteiger partial charge on any atom is -0.372 e. The number of epoxide rings is 2. The van der Waals surface area contributed by atoms with Crippen molar-refractivity contribution in [1.29, 1.82) is 0 Å². The highest BCUT2D eigenvalue weighted by molar-refractivity contribution is 4.80. The summed E-state index contributed by atoms with van der Waals surface area (Å²) in [5.74, 6) is 0. The fourth-order valence-corrected chi connectivity index (χ4v) is 3.18. The van der Waals surface area contributed by atoms with Crippen LogP contribution in [-0.4, -0.2) is 50.0 Å². The minimum atomic E-state index is 0.520. The topological polar surface area (TPSA) is 28.3 Å². The molecule has 0 aromatic rings. The minimum absolute atomic E-state index is 0.520. The molecule has 2 aliphatic heterocycles. The lowest BCUT2D eigenvalue weighted by molar-refractivity contribution is 0.215.